The van der Waals surface area contributed by atoms with Crippen molar-refractivity contribution in [3.8, 4) is 0 Å². The van der Waals surface area contributed by atoms with Crippen molar-refractivity contribution in [2.24, 2.45) is 0 Å². The Morgan fingerprint density at radius 1 is 0.960 bits per heavy atom. The van der Waals surface area contributed by atoms with Gasteiger partial charge in [0, 0.05) is 11.1 Å². The molecule has 5 nitrogen and oxygen atoms in total. The van der Waals surface area contributed by atoms with Crippen molar-refractivity contribution in [3.05, 3.63) is 64.7 Å². The van der Waals surface area contributed by atoms with Crippen LogP contribution in [0.15, 0.2) is 42.5 Å². The van der Waals surface area contributed by atoms with Crippen LogP contribution in [0.4, 0.5) is 5.69 Å². The van der Waals surface area contributed by atoms with Crippen molar-refractivity contribution in [1.82, 2.24) is 5.32 Å². The van der Waals surface area contributed by atoms with E-state index in [-0.39, 0.29) is 23.3 Å². The highest BCUT2D eigenvalue weighted by molar-refractivity contribution is 6.34. The molecule has 0 bridgehead atoms. The van der Waals surface area contributed by atoms with Gasteiger partial charge in [-0.3, -0.25) is 14.4 Å². The molecule has 5 heteroatoms. The van der Waals surface area contributed by atoms with Crippen LogP contribution in [0.2, 0.25) is 0 Å². The van der Waals surface area contributed by atoms with Gasteiger partial charge >= 0.3 is 0 Å². The summed E-state index contributed by atoms with van der Waals surface area (Å²) in [5.74, 6) is -0.973. The van der Waals surface area contributed by atoms with Crippen LogP contribution in [0.1, 0.15) is 57.4 Å². The highest BCUT2D eigenvalue weighted by Gasteiger charge is 2.37. The largest absolute Gasteiger partial charge is 0.347 e. The van der Waals surface area contributed by atoms with E-state index in [1.54, 1.807) is 42.5 Å². The summed E-state index contributed by atoms with van der Waals surface area (Å²) in [7, 11) is 0. The van der Waals surface area contributed by atoms with Crippen molar-refractivity contribution >= 4 is 23.4 Å². The van der Waals surface area contributed by atoms with Crippen LogP contribution in [0.5, 0.6) is 0 Å². The molecule has 0 spiro atoms. The number of amides is 3. The van der Waals surface area contributed by atoms with Gasteiger partial charge in [-0.2, -0.15) is 0 Å². The van der Waals surface area contributed by atoms with Crippen LogP contribution in [0, 0.1) is 6.92 Å². The van der Waals surface area contributed by atoms with Gasteiger partial charge in [-0.05, 0) is 57.5 Å². The lowest BCUT2D eigenvalue weighted by Crippen LogP contribution is -2.40. The number of nitrogens with zero attached hydrogens (tertiary/aromatic N) is 1. The molecular weight excluding hydrogens is 316 g/mol. The Morgan fingerprint density at radius 3 is 2.04 bits per heavy atom. The number of aryl methyl sites for hydroxylation is 1. The number of rotatable bonds is 2. The van der Waals surface area contributed by atoms with Crippen molar-refractivity contribution in [2.45, 2.75) is 33.2 Å². The highest BCUT2D eigenvalue weighted by Crippen LogP contribution is 2.31. The minimum Gasteiger partial charge on any atom is -0.347 e. The molecule has 0 saturated heterocycles. The second-order valence-electron chi connectivity index (χ2n) is 7.20. The van der Waals surface area contributed by atoms with E-state index >= 15 is 0 Å². The fourth-order valence-corrected chi connectivity index (χ4v) is 2.81. The summed E-state index contributed by atoms with van der Waals surface area (Å²) < 4.78 is 0. The Balaban J connectivity index is 2.02. The number of benzene rings is 2. The number of carbonyl (C=O) groups is 3. The monoisotopic (exact) mass is 336 g/mol. The zero-order chi connectivity index (χ0) is 18.4. The van der Waals surface area contributed by atoms with E-state index in [1.165, 1.54) is 0 Å². The average molecular weight is 336 g/mol. The highest BCUT2D eigenvalue weighted by atomic mass is 16.2. The number of imide groups is 1. The van der Waals surface area contributed by atoms with Crippen LogP contribution in [-0.4, -0.2) is 23.3 Å². The summed E-state index contributed by atoms with van der Waals surface area (Å²) in [4.78, 5) is 38.9. The quantitative estimate of drug-likeness (QED) is 0.856. The molecule has 0 aromatic heterocycles. The SMILES string of the molecule is Cc1ccc(C(=O)NC(C)(C)C)cc1N1C(=O)c2ccccc2C1=O. The third-order valence-electron chi connectivity index (χ3n) is 3.99. The van der Waals surface area contributed by atoms with E-state index in [2.05, 4.69) is 5.32 Å². The average Bonchev–Trinajstić information content (AvgIpc) is 2.78. The van der Waals surface area contributed by atoms with Gasteiger partial charge in [0.2, 0.25) is 0 Å². The summed E-state index contributed by atoms with van der Waals surface area (Å²) in [6, 6.07) is 11.8. The normalized spacial score (nSPS) is 13.8. The standard InChI is InChI=1S/C20H20N2O3/c1-12-9-10-13(17(23)21-20(2,3)4)11-16(12)22-18(24)14-7-5-6-8-15(14)19(22)25/h5-11H,1-4H3,(H,21,23). The van der Waals surface area contributed by atoms with Crippen LogP contribution in [-0.2, 0) is 0 Å². The van der Waals surface area contributed by atoms with Crippen molar-refractivity contribution in [3.63, 3.8) is 0 Å². The van der Waals surface area contributed by atoms with Gasteiger partial charge in [-0.15, -0.1) is 0 Å². The summed E-state index contributed by atoms with van der Waals surface area (Å²) >= 11 is 0. The second-order valence-corrected chi connectivity index (χ2v) is 7.20. The minimum absolute atomic E-state index is 0.245. The fraction of sp³-hybridized carbons (Fsp3) is 0.250. The van der Waals surface area contributed by atoms with Gasteiger partial charge in [0.15, 0.2) is 0 Å². The topological polar surface area (TPSA) is 66.5 Å². The van der Waals surface area contributed by atoms with Crippen molar-refractivity contribution in [1.29, 1.82) is 0 Å². The second kappa shape index (κ2) is 5.84. The molecule has 0 unspecified atom stereocenters. The van der Waals surface area contributed by atoms with Crippen molar-refractivity contribution < 1.29 is 14.4 Å². The lowest BCUT2D eigenvalue weighted by atomic mass is 10.1. The van der Waals surface area contributed by atoms with Gasteiger partial charge in [-0.25, -0.2) is 4.90 Å². The number of hydrogen-bond acceptors (Lipinski definition) is 3. The predicted molar refractivity (Wildman–Crippen MR) is 96.0 cm³/mol. The Hall–Kier alpha value is -2.95. The molecule has 1 heterocycles. The third kappa shape index (κ3) is 3.05. The molecule has 0 atom stereocenters. The van der Waals surface area contributed by atoms with Gasteiger partial charge in [0.1, 0.15) is 0 Å². The molecule has 1 N–H and O–H groups in total. The zero-order valence-electron chi connectivity index (χ0n) is 14.7. The number of nitrogens with one attached hydrogen (secondary N) is 1. The first-order valence-corrected chi connectivity index (χ1v) is 8.10. The molecule has 2 aromatic carbocycles. The molecule has 0 radical (unpaired) electrons. The van der Waals surface area contributed by atoms with E-state index in [1.807, 2.05) is 27.7 Å². The van der Waals surface area contributed by atoms with Crippen LogP contribution in [0.3, 0.4) is 0 Å². The van der Waals surface area contributed by atoms with Crippen LogP contribution < -0.4 is 10.2 Å². The van der Waals surface area contributed by atoms with Crippen molar-refractivity contribution in [2.75, 3.05) is 4.90 Å². The first kappa shape index (κ1) is 16.9. The van der Waals surface area contributed by atoms with E-state index in [9.17, 15) is 14.4 Å². The third-order valence-corrected chi connectivity index (χ3v) is 3.99. The maximum atomic E-state index is 12.7. The van der Waals surface area contributed by atoms with Crippen LogP contribution in [0.25, 0.3) is 0 Å². The first-order valence-electron chi connectivity index (χ1n) is 8.10. The number of carbonyl (C=O) groups excluding carboxylic acids is 3. The van der Waals surface area contributed by atoms with E-state index in [0.717, 1.165) is 10.5 Å². The molecular formula is C20H20N2O3. The van der Waals surface area contributed by atoms with E-state index < -0.39 is 0 Å². The van der Waals surface area contributed by atoms with Gasteiger partial charge in [0.05, 0.1) is 16.8 Å². The lowest BCUT2D eigenvalue weighted by molar-refractivity contribution is 0.0906. The minimum atomic E-state index is -0.377. The number of anilines is 1. The molecule has 2 aromatic rings. The first-order chi connectivity index (χ1) is 11.7. The number of hydrogen-bond donors (Lipinski definition) is 1. The summed E-state index contributed by atoms with van der Waals surface area (Å²) in [5.41, 5.74) is 1.99. The zero-order valence-corrected chi connectivity index (χ0v) is 14.7. The number of fused-ring (bicyclic) bond motifs is 1. The van der Waals surface area contributed by atoms with Gasteiger partial charge < -0.3 is 5.32 Å². The molecule has 0 saturated carbocycles. The fourth-order valence-electron chi connectivity index (χ4n) is 2.81. The predicted octanol–water partition coefficient (Wildman–Crippen LogP) is 3.32. The molecule has 128 valence electrons. The molecule has 3 amide bonds. The Bertz CT molecular complexity index is 859. The smallest absolute Gasteiger partial charge is 0.266 e. The van der Waals surface area contributed by atoms with Crippen LogP contribution >= 0.6 is 0 Å². The van der Waals surface area contributed by atoms with E-state index in [0.29, 0.717) is 22.4 Å². The van der Waals surface area contributed by atoms with Gasteiger partial charge in [0.25, 0.3) is 17.7 Å². The maximum absolute atomic E-state index is 12.7. The summed E-state index contributed by atoms with van der Waals surface area (Å²) in [6.07, 6.45) is 0. The lowest BCUT2D eigenvalue weighted by Gasteiger charge is -2.22. The Labute approximate surface area is 146 Å². The molecule has 25 heavy (non-hydrogen) atoms. The maximum Gasteiger partial charge on any atom is 0.266 e. The summed E-state index contributed by atoms with van der Waals surface area (Å²) in [5, 5.41) is 2.88. The molecule has 0 aliphatic carbocycles. The molecule has 3 rings (SSSR count). The van der Waals surface area contributed by atoms with E-state index in [4.69, 9.17) is 0 Å². The Kier molecular flexibility index (Phi) is 3.95. The Morgan fingerprint density at radius 2 is 1.52 bits per heavy atom. The molecule has 0 fully saturated rings. The summed E-state index contributed by atoms with van der Waals surface area (Å²) in [6.45, 7) is 7.49. The molecule has 1 aliphatic rings. The molecule has 1 aliphatic heterocycles. The van der Waals surface area contributed by atoms with Gasteiger partial charge in [-0.1, -0.05) is 18.2 Å².